The number of fused-ring (bicyclic) bond motifs is 1. The summed E-state index contributed by atoms with van der Waals surface area (Å²) in [4.78, 5) is 4.87. The number of benzene rings is 1. The smallest absolute Gasteiger partial charge is 0.111 e. The molecule has 0 amide bonds. The van der Waals surface area contributed by atoms with E-state index >= 15 is 0 Å². The molecule has 174 valence electrons. The van der Waals surface area contributed by atoms with Gasteiger partial charge in [0.2, 0.25) is 0 Å². The van der Waals surface area contributed by atoms with E-state index in [1.165, 1.54) is 82.1 Å². The maximum atomic E-state index is 13.0. The van der Waals surface area contributed by atoms with Crippen LogP contribution in [0.1, 0.15) is 63.4 Å². The van der Waals surface area contributed by atoms with Gasteiger partial charge < -0.3 is 10.0 Å². The van der Waals surface area contributed by atoms with E-state index in [1.807, 2.05) is 0 Å². The Morgan fingerprint density at radius 1 is 0.871 bits per heavy atom. The van der Waals surface area contributed by atoms with Crippen LogP contribution in [0.5, 0.6) is 0 Å². The molecule has 3 nitrogen and oxygen atoms in total. The van der Waals surface area contributed by atoms with E-state index < -0.39 is 5.60 Å². The highest BCUT2D eigenvalue weighted by Crippen LogP contribution is 2.65. The van der Waals surface area contributed by atoms with E-state index in [4.69, 9.17) is 0 Å². The molecule has 1 N–H and O–H groups in total. The summed E-state index contributed by atoms with van der Waals surface area (Å²) in [6.45, 7) is 2.37. The fraction of sp³-hybridized carbons (Fsp3) is 0.769. The molecule has 5 heteroatoms. The summed E-state index contributed by atoms with van der Waals surface area (Å²) in [6.07, 6.45) is 11.9. The van der Waals surface area contributed by atoms with Crippen molar-refractivity contribution < 1.29 is 5.11 Å². The average molecular weight is 468 g/mol. The van der Waals surface area contributed by atoms with Crippen LogP contribution in [0.25, 0.3) is 0 Å². The van der Waals surface area contributed by atoms with Crippen LogP contribution in [0.3, 0.4) is 0 Å². The molecule has 1 unspecified atom stereocenters. The van der Waals surface area contributed by atoms with Gasteiger partial charge in [-0.3, -0.25) is 4.90 Å². The lowest BCUT2D eigenvalue weighted by molar-refractivity contribution is -0.201. The van der Waals surface area contributed by atoms with Crippen LogP contribution in [-0.2, 0) is 5.60 Å². The van der Waals surface area contributed by atoms with E-state index in [0.29, 0.717) is 5.92 Å². The molecule has 7 rings (SSSR count). The molecule has 4 aliphatic carbocycles. The second-order valence-corrected chi connectivity index (χ2v) is 11.4. The number of hydrogen-bond donors (Lipinski definition) is 1. The third-order valence-corrected chi connectivity index (χ3v) is 9.88. The topological polar surface area (TPSA) is 26.7 Å². The monoisotopic (exact) mass is 466 g/mol. The summed E-state index contributed by atoms with van der Waals surface area (Å²) in [6, 6.07) is 9.04. The summed E-state index contributed by atoms with van der Waals surface area (Å²) in [5.74, 6) is 3.84. The van der Waals surface area contributed by atoms with Gasteiger partial charge in [0.05, 0.1) is 5.54 Å². The van der Waals surface area contributed by atoms with Crippen LogP contribution in [-0.4, -0.2) is 42.7 Å². The Morgan fingerprint density at radius 2 is 1.39 bits per heavy atom. The van der Waals surface area contributed by atoms with Crippen molar-refractivity contribution in [1.82, 2.24) is 4.90 Å². The van der Waals surface area contributed by atoms with Gasteiger partial charge in [-0.2, -0.15) is 0 Å². The van der Waals surface area contributed by atoms with Crippen LogP contribution in [0.4, 0.5) is 5.69 Å². The van der Waals surface area contributed by atoms with Gasteiger partial charge in [-0.05, 0) is 118 Å². The third-order valence-electron chi connectivity index (χ3n) is 9.88. The van der Waals surface area contributed by atoms with Crippen LogP contribution >= 0.6 is 24.8 Å². The molecule has 1 aromatic rings. The lowest BCUT2D eigenvalue weighted by atomic mass is 9.45. The summed E-state index contributed by atoms with van der Waals surface area (Å²) in [7, 11) is 4.21. The lowest BCUT2D eigenvalue weighted by Crippen LogP contribution is -2.65. The molecule has 6 fully saturated rings. The zero-order valence-electron chi connectivity index (χ0n) is 19.1. The molecule has 1 atom stereocenters. The van der Waals surface area contributed by atoms with Crippen molar-refractivity contribution in [3.8, 4) is 0 Å². The Hall–Kier alpha value is -0.480. The SMILES string of the molecule is CN(C)c1ccc(C(O)(C2C3CC4CC(C3)CC2C4)C23CCCN2CCC3)cc1.Cl.Cl. The first-order valence-corrected chi connectivity index (χ1v) is 12.3. The minimum absolute atomic E-state index is 0. The molecule has 6 aliphatic rings. The number of halogens is 2. The first kappa shape index (κ1) is 23.7. The normalized spacial score (nSPS) is 36.9. The van der Waals surface area contributed by atoms with Crippen molar-refractivity contribution in [1.29, 1.82) is 0 Å². The van der Waals surface area contributed by atoms with Gasteiger partial charge in [0, 0.05) is 19.8 Å². The van der Waals surface area contributed by atoms with Crippen molar-refractivity contribution in [2.45, 2.75) is 68.9 Å². The highest BCUT2D eigenvalue weighted by Gasteiger charge is 2.66. The van der Waals surface area contributed by atoms with Crippen molar-refractivity contribution in [2.24, 2.45) is 29.6 Å². The Balaban J connectivity index is 0.00000116. The number of hydrogen-bond acceptors (Lipinski definition) is 3. The fourth-order valence-corrected chi connectivity index (χ4v) is 9.12. The number of nitrogens with zero attached hydrogens (tertiary/aromatic N) is 2. The maximum Gasteiger partial charge on any atom is 0.111 e. The standard InChI is InChI=1S/C26H38N2O.2ClH/c1-27(2)23-7-5-22(6-8-23)26(29,25-9-3-11-28(25)12-4-10-25)24-20-14-18-13-19(16-20)17-21(24)15-18;;/h5-8,18-21,24,29H,3-4,9-17H2,1-2H3;2*1H. The molecule has 4 bridgehead atoms. The first-order valence-electron chi connectivity index (χ1n) is 12.3. The van der Waals surface area contributed by atoms with Gasteiger partial charge in [0.15, 0.2) is 0 Å². The van der Waals surface area contributed by atoms with Gasteiger partial charge in [-0.1, -0.05) is 12.1 Å². The fourth-order valence-electron chi connectivity index (χ4n) is 9.12. The molecule has 4 saturated carbocycles. The maximum absolute atomic E-state index is 13.0. The molecular weight excluding hydrogens is 427 g/mol. The Labute approximate surface area is 200 Å². The molecule has 0 spiro atoms. The number of rotatable bonds is 4. The largest absolute Gasteiger partial charge is 0.383 e. The lowest BCUT2D eigenvalue weighted by Gasteiger charge is -2.62. The average Bonchev–Trinajstić information content (AvgIpc) is 3.28. The van der Waals surface area contributed by atoms with E-state index in [-0.39, 0.29) is 30.4 Å². The molecule has 2 heterocycles. The molecular formula is C26H40Cl2N2O. The van der Waals surface area contributed by atoms with E-state index in [2.05, 4.69) is 48.2 Å². The predicted molar refractivity (Wildman–Crippen MR) is 132 cm³/mol. The van der Waals surface area contributed by atoms with Gasteiger partial charge in [-0.25, -0.2) is 0 Å². The summed E-state index contributed by atoms with van der Waals surface area (Å²) in [5.41, 5.74) is 1.74. The zero-order valence-corrected chi connectivity index (χ0v) is 20.8. The molecule has 0 radical (unpaired) electrons. The first-order chi connectivity index (χ1) is 14.0. The molecule has 2 aliphatic heterocycles. The Morgan fingerprint density at radius 3 is 1.87 bits per heavy atom. The highest BCUT2D eigenvalue weighted by atomic mass is 35.5. The van der Waals surface area contributed by atoms with Crippen LogP contribution in [0.15, 0.2) is 24.3 Å². The van der Waals surface area contributed by atoms with Crippen molar-refractivity contribution in [2.75, 3.05) is 32.1 Å². The van der Waals surface area contributed by atoms with Gasteiger partial charge >= 0.3 is 0 Å². The quantitative estimate of drug-likeness (QED) is 0.635. The van der Waals surface area contributed by atoms with Gasteiger partial charge in [-0.15, -0.1) is 24.8 Å². The van der Waals surface area contributed by atoms with E-state index in [0.717, 1.165) is 23.7 Å². The third kappa shape index (κ3) is 3.28. The van der Waals surface area contributed by atoms with Crippen LogP contribution < -0.4 is 4.90 Å². The Kier molecular flexibility index (Phi) is 6.40. The molecule has 2 saturated heterocycles. The van der Waals surface area contributed by atoms with Crippen LogP contribution in [0.2, 0.25) is 0 Å². The summed E-state index contributed by atoms with van der Waals surface area (Å²) < 4.78 is 0. The number of aliphatic hydroxyl groups is 1. The summed E-state index contributed by atoms with van der Waals surface area (Å²) >= 11 is 0. The van der Waals surface area contributed by atoms with Crippen LogP contribution in [0, 0.1) is 29.6 Å². The second kappa shape index (κ2) is 8.38. The van der Waals surface area contributed by atoms with Gasteiger partial charge in [0.1, 0.15) is 5.60 Å². The van der Waals surface area contributed by atoms with Gasteiger partial charge in [0.25, 0.3) is 0 Å². The van der Waals surface area contributed by atoms with Crippen molar-refractivity contribution >= 4 is 30.5 Å². The number of anilines is 1. The van der Waals surface area contributed by atoms with Crippen molar-refractivity contribution in [3.63, 3.8) is 0 Å². The molecule has 0 aromatic heterocycles. The Bertz CT molecular complexity index is 744. The second-order valence-electron chi connectivity index (χ2n) is 11.4. The van der Waals surface area contributed by atoms with Crippen molar-refractivity contribution in [3.05, 3.63) is 29.8 Å². The minimum Gasteiger partial charge on any atom is -0.383 e. The minimum atomic E-state index is -0.687. The molecule has 31 heavy (non-hydrogen) atoms. The summed E-state index contributed by atoms with van der Waals surface area (Å²) in [5, 5.41) is 13.0. The zero-order chi connectivity index (χ0) is 19.8. The predicted octanol–water partition coefficient (Wildman–Crippen LogP) is 5.48. The highest BCUT2D eigenvalue weighted by molar-refractivity contribution is 5.85. The molecule has 1 aromatic carbocycles. The van der Waals surface area contributed by atoms with E-state index in [1.54, 1.807) is 0 Å². The van der Waals surface area contributed by atoms with E-state index in [9.17, 15) is 5.11 Å².